The highest BCUT2D eigenvalue weighted by Gasteiger charge is 2.40. The summed E-state index contributed by atoms with van der Waals surface area (Å²) in [5.41, 5.74) is -1.04. The number of piperidine rings is 1. The van der Waals surface area contributed by atoms with Crippen molar-refractivity contribution in [3.05, 3.63) is 0 Å². The molecule has 106 valence electrons. The van der Waals surface area contributed by atoms with E-state index in [2.05, 4.69) is 12.2 Å². The average Bonchev–Trinajstić information content (AvgIpc) is 2.27. The zero-order valence-corrected chi connectivity index (χ0v) is 12.3. The first-order chi connectivity index (χ1) is 8.31. The van der Waals surface area contributed by atoms with Gasteiger partial charge in [0.25, 0.3) is 0 Å². The summed E-state index contributed by atoms with van der Waals surface area (Å²) in [6, 6.07) is 0. The fraction of sp³-hybridized carbons (Fsp3) is 0.929. The van der Waals surface area contributed by atoms with Crippen LogP contribution in [0.2, 0.25) is 0 Å². The summed E-state index contributed by atoms with van der Waals surface area (Å²) >= 11 is 0. The minimum absolute atomic E-state index is 0.202. The van der Waals surface area contributed by atoms with Gasteiger partial charge in [-0.25, -0.2) is 0 Å². The molecule has 1 amide bonds. The van der Waals surface area contributed by atoms with Crippen LogP contribution < -0.4 is 5.32 Å². The fourth-order valence-corrected chi connectivity index (χ4v) is 3.01. The number of likely N-dealkylation sites (N-methyl/N-ethyl adjacent to an activating group) is 1. The van der Waals surface area contributed by atoms with Crippen LogP contribution >= 0.6 is 0 Å². The number of nitrogens with zero attached hydrogens (tertiary/aromatic N) is 1. The number of hydrogen-bond acceptors (Lipinski definition) is 3. The first-order valence-electron chi connectivity index (χ1n) is 6.99. The third-order valence-electron chi connectivity index (χ3n) is 3.71. The first kappa shape index (κ1) is 15.4. The summed E-state index contributed by atoms with van der Waals surface area (Å²) < 4.78 is 0. The van der Waals surface area contributed by atoms with Crippen LogP contribution in [-0.2, 0) is 4.79 Å². The van der Waals surface area contributed by atoms with Crippen LogP contribution in [0, 0.1) is 5.41 Å². The lowest BCUT2D eigenvalue weighted by Crippen LogP contribution is -2.51. The standard InChI is InChI=1S/C14H28N2O2/c1-5-6-14(7-9-15-10-8-14)12(17)16(4)11-13(2,3)18/h15,18H,5-11H2,1-4H3. The lowest BCUT2D eigenvalue weighted by atomic mass is 9.74. The zero-order chi connectivity index (χ0) is 13.8. The number of carbonyl (C=O) groups is 1. The quantitative estimate of drug-likeness (QED) is 0.781. The maximum absolute atomic E-state index is 12.7. The summed E-state index contributed by atoms with van der Waals surface area (Å²) in [7, 11) is 1.81. The molecule has 0 aliphatic carbocycles. The Balaban J connectivity index is 2.75. The largest absolute Gasteiger partial charge is 0.389 e. The van der Waals surface area contributed by atoms with Gasteiger partial charge in [0.1, 0.15) is 0 Å². The lowest BCUT2D eigenvalue weighted by Gasteiger charge is -2.40. The Bertz CT molecular complexity index is 272. The molecule has 1 aliphatic heterocycles. The van der Waals surface area contributed by atoms with Gasteiger partial charge in [0, 0.05) is 13.6 Å². The van der Waals surface area contributed by atoms with Gasteiger partial charge in [0.2, 0.25) is 5.91 Å². The maximum atomic E-state index is 12.7. The summed E-state index contributed by atoms with van der Waals surface area (Å²) in [6.45, 7) is 7.85. The van der Waals surface area contributed by atoms with Crippen molar-refractivity contribution in [1.82, 2.24) is 10.2 Å². The molecule has 0 saturated carbocycles. The molecular formula is C14H28N2O2. The SMILES string of the molecule is CCCC1(C(=O)N(C)CC(C)(C)O)CCNCC1. The molecule has 1 fully saturated rings. The number of aliphatic hydroxyl groups is 1. The molecule has 0 aromatic rings. The molecule has 0 spiro atoms. The molecule has 0 unspecified atom stereocenters. The lowest BCUT2D eigenvalue weighted by molar-refractivity contribution is -0.145. The van der Waals surface area contributed by atoms with Gasteiger partial charge in [-0.3, -0.25) is 4.79 Å². The molecule has 0 atom stereocenters. The number of rotatable bonds is 5. The molecular weight excluding hydrogens is 228 g/mol. The van der Waals surface area contributed by atoms with Crippen LogP contribution in [0.5, 0.6) is 0 Å². The van der Waals surface area contributed by atoms with Crippen molar-refractivity contribution in [3.8, 4) is 0 Å². The van der Waals surface area contributed by atoms with Crippen molar-refractivity contribution in [2.45, 2.75) is 52.1 Å². The third-order valence-corrected chi connectivity index (χ3v) is 3.71. The van der Waals surface area contributed by atoms with Crippen molar-refractivity contribution in [1.29, 1.82) is 0 Å². The molecule has 18 heavy (non-hydrogen) atoms. The van der Waals surface area contributed by atoms with Crippen molar-refractivity contribution in [2.75, 3.05) is 26.7 Å². The van der Waals surface area contributed by atoms with E-state index in [1.807, 2.05) is 0 Å². The normalized spacial score (nSPS) is 19.6. The van der Waals surface area contributed by atoms with Gasteiger partial charge in [0.15, 0.2) is 0 Å². The van der Waals surface area contributed by atoms with E-state index >= 15 is 0 Å². The molecule has 1 aliphatic rings. The predicted octanol–water partition coefficient (Wildman–Crippen LogP) is 1.39. The maximum Gasteiger partial charge on any atom is 0.228 e. The molecule has 0 bridgehead atoms. The highest BCUT2D eigenvalue weighted by Crippen LogP contribution is 2.36. The van der Waals surface area contributed by atoms with Crippen LogP contribution in [0.25, 0.3) is 0 Å². The van der Waals surface area contributed by atoms with Gasteiger partial charge in [-0.05, 0) is 46.2 Å². The molecule has 0 aromatic carbocycles. The van der Waals surface area contributed by atoms with Crippen molar-refractivity contribution in [2.24, 2.45) is 5.41 Å². The predicted molar refractivity (Wildman–Crippen MR) is 73.4 cm³/mol. The number of nitrogens with one attached hydrogen (secondary N) is 1. The summed E-state index contributed by atoms with van der Waals surface area (Å²) in [5.74, 6) is 0.202. The Morgan fingerprint density at radius 3 is 2.39 bits per heavy atom. The number of carbonyl (C=O) groups excluding carboxylic acids is 1. The molecule has 0 aromatic heterocycles. The van der Waals surface area contributed by atoms with E-state index in [-0.39, 0.29) is 11.3 Å². The van der Waals surface area contributed by atoms with Crippen LogP contribution in [0.1, 0.15) is 46.5 Å². The topological polar surface area (TPSA) is 52.6 Å². The van der Waals surface area contributed by atoms with E-state index in [9.17, 15) is 9.90 Å². The summed E-state index contributed by atoms with van der Waals surface area (Å²) in [5, 5.41) is 13.2. The molecule has 4 nitrogen and oxygen atoms in total. The van der Waals surface area contributed by atoms with Gasteiger partial charge in [-0.15, -0.1) is 0 Å². The molecule has 0 radical (unpaired) electrons. The average molecular weight is 256 g/mol. The van der Waals surface area contributed by atoms with Crippen LogP contribution in [-0.4, -0.2) is 48.2 Å². The number of hydrogen-bond donors (Lipinski definition) is 2. The van der Waals surface area contributed by atoms with Gasteiger partial charge in [-0.1, -0.05) is 13.3 Å². The van der Waals surface area contributed by atoms with Gasteiger partial charge < -0.3 is 15.3 Å². The van der Waals surface area contributed by atoms with Crippen molar-refractivity contribution >= 4 is 5.91 Å². The van der Waals surface area contributed by atoms with Crippen LogP contribution in [0.4, 0.5) is 0 Å². The molecule has 1 heterocycles. The van der Waals surface area contributed by atoms with E-state index in [4.69, 9.17) is 0 Å². The Morgan fingerprint density at radius 2 is 1.94 bits per heavy atom. The van der Waals surface area contributed by atoms with Gasteiger partial charge >= 0.3 is 0 Å². The third kappa shape index (κ3) is 3.95. The van der Waals surface area contributed by atoms with Crippen LogP contribution in [0.15, 0.2) is 0 Å². The Labute approximate surface area is 111 Å². The van der Waals surface area contributed by atoms with E-state index in [1.165, 1.54) is 0 Å². The second-order valence-corrected chi connectivity index (χ2v) is 6.25. The Kier molecular flexibility index (Phi) is 5.17. The smallest absolute Gasteiger partial charge is 0.228 e. The van der Waals surface area contributed by atoms with E-state index in [0.717, 1.165) is 38.8 Å². The minimum atomic E-state index is -0.829. The fourth-order valence-electron chi connectivity index (χ4n) is 3.01. The molecule has 1 saturated heterocycles. The molecule has 1 rings (SSSR count). The van der Waals surface area contributed by atoms with E-state index < -0.39 is 5.60 Å². The second kappa shape index (κ2) is 6.02. The van der Waals surface area contributed by atoms with Crippen LogP contribution in [0.3, 0.4) is 0 Å². The van der Waals surface area contributed by atoms with Gasteiger partial charge in [0.05, 0.1) is 11.0 Å². The molecule has 4 heteroatoms. The van der Waals surface area contributed by atoms with E-state index in [0.29, 0.717) is 6.54 Å². The highest BCUT2D eigenvalue weighted by molar-refractivity contribution is 5.82. The first-order valence-corrected chi connectivity index (χ1v) is 6.99. The minimum Gasteiger partial charge on any atom is -0.389 e. The summed E-state index contributed by atoms with van der Waals surface area (Å²) in [6.07, 6.45) is 3.80. The van der Waals surface area contributed by atoms with E-state index in [1.54, 1.807) is 25.8 Å². The zero-order valence-electron chi connectivity index (χ0n) is 12.3. The number of amides is 1. The summed E-state index contributed by atoms with van der Waals surface area (Å²) in [4.78, 5) is 14.4. The van der Waals surface area contributed by atoms with Crippen molar-refractivity contribution in [3.63, 3.8) is 0 Å². The van der Waals surface area contributed by atoms with Gasteiger partial charge in [-0.2, -0.15) is 0 Å². The second-order valence-electron chi connectivity index (χ2n) is 6.25. The molecule has 2 N–H and O–H groups in total. The Hall–Kier alpha value is -0.610. The van der Waals surface area contributed by atoms with Crippen molar-refractivity contribution < 1.29 is 9.90 Å². The highest BCUT2D eigenvalue weighted by atomic mass is 16.3. The Morgan fingerprint density at radius 1 is 1.39 bits per heavy atom. The monoisotopic (exact) mass is 256 g/mol.